The zero-order chi connectivity index (χ0) is 18.8. The highest BCUT2D eigenvalue weighted by molar-refractivity contribution is 5.95. The number of rotatable bonds is 7. The number of urea groups is 1. The average Bonchev–Trinajstić information content (AvgIpc) is 2.66. The zero-order valence-corrected chi connectivity index (χ0v) is 14.6. The number of hydrogen-bond acceptors (Lipinski definition) is 4. The molecule has 0 saturated heterocycles. The molecule has 2 aromatic rings. The number of nitrogens with one attached hydrogen (secondary N) is 2. The van der Waals surface area contributed by atoms with Gasteiger partial charge in [0.05, 0.1) is 6.42 Å². The highest BCUT2D eigenvalue weighted by Crippen LogP contribution is 2.18. The molecule has 0 bridgehead atoms. The van der Waals surface area contributed by atoms with Crippen LogP contribution in [0.5, 0.6) is 0 Å². The van der Waals surface area contributed by atoms with Crippen LogP contribution in [-0.2, 0) is 20.9 Å². The summed E-state index contributed by atoms with van der Waals surface area (Å²) in [6.45, 7) is 1.72. The molecule has 0 unspecified atom stereocenters. The fraction of sp³-hybridized carbons (Fsp3) is 0.250. The van der Waals surface area contributed by atoms with Crippen LogP contribution in [0.15, 0.2) is 60.7 Å². The minimum atomic E-state index is -0.670. The third-order valence-electron chi connectivity index (χ3n) is 3.75. The second-order valence-corrected chi connectivity index (χ2v) is 5.89. The fourth-order valence-electron chi connectivity index (χ4n) is 2.34. The second-order valence-electron chi connectivity index (χ2n) is 5.89. The van der Waals surface area contributed by atoms with Gasteiger partial charge in [-0.3, -0.25) is 14.9 Å². The van der Waals surface area contributed by atoms with Crippen LogP contribution in [0.1, 0.15) is 30.4 Å². The van der Waals surface area contributed by atoms with E-state index in [1.54, 1.807) is 0 Å². The van der Waals surface area contributed by atoms with E-state index in [-0.39, 0.29) is 12.3 Å². The van der Waals surface area contributed by atoms with Gasteiger partial charge in [0.15, 0.2) is 6.61 Å². The van der Waals surface area contributed by atoms with Gasteiger partial charge in [0, 0.05) is 6.54 Å². The number of imide groups is 1. The van der Waals surface area contributed by atoms with Crippen molar-refractivity contribution in [2.45, 2.75) is 25.8 Å². The number of hydrogen-bond donors (Lipinski definition) is 2. The Labute approximate surface area is 152 Å². The van der Waals surface area contributed by atoms with Gasteiger partial charge in [0.1, 0.15) is 0 Å². The minimum absolute atomic E-state index is 0.0130. The van der Waals surface area contributed by atoms with Gasteiger partial charge in [-0.05, 0) is 17.0 Å². The number of amides is 3. The van der Waals surface area contributed by atoms with Crippen LogP contribution in [0.4, 0.5) is 4.79 Å². The summed E-state index contributed by atoms with van der Waals surface area (Å²) in [5, 5.41) is 4.68. The maximum atomic E-state index is 11.8. The van der Waals surface area contributed by atoms with Crippen molar-refractivity contribution in [2.75, 3.05) is 6.61 Å². The van der Waals surface area contributed by atoms with Gasteiger partial charge in [0.25, 0.3) is 5.91 Å². The van der Waals surface area contributed by atoms with Crippen molar-refractivity contribution in [3.63, 3.8) is 0 Å². The van der Waals surface area contributed by atoms with E-state index in [0.717, 1.165) is 11.1 Å². The molecule has 0 heterocycles. The SMILES string of the molecule is C[C@@H](CC(=O)OCC(=O)NC(=O)NCc1ccccc1)c1ccccc1. The molecule has 0 fully saturated rings. The molecule has 0 aliphatic rings. The Balaban J connectivity index is 1.66. The summed E-state index contributed by atoms with van der Waals surface area (Å²) in [5.74, 6) is -1.17. The Kier molecular flexibility index (Phi) is 7.36. The topological polar surface area (TPSA) is 84.5 Å². The van der Waals surface area contributed by atoms with E-state index in [4.69, 9.17) is 4.74 Å². The van der Waals surface area contributed by atoms with Crippen LogP contribution in [0.25, 0.3) is 0 Å². The third kappa shape index (κ3) is 6.76. The van der Waals surface area contributed by atoms with E-state index in [9.17, 15) is 14.4 Å². The molecule has 0 aliphatic carbocycles. The maximum Gasteiger partial charge on any atom is 0.321 e. The highest BCUT2D eigenvalue weighted by atomic mass is 16.5. The summed E-state index contributed by atoms with van der Waals surface area (Å²) >= 11 is 0. The normalized spacial score (nSPS) is 11.3. The summed E-state index contributed by atoms with van der Waals surface area (Å²) in [4.78, 5) is 35.2. The summed E-state index contributed by atoms with van der Waals surface area (Å²) < 4.78 is 4.93. The smallest absolute Gasteiger partial charge is 0.321 e. The molecular formula is C20H22N2O4. The first-order valence-corrected chi connectivity index (χ1v) is 8.37. The molecule has 2 N–H and O–H groups in total. The van der Waals surface area contributed by atoms with Gasteiger partial charge in [-0.25, -0.2) is 4.79 Å². The van der Waals surface area contributed by atoms with E-state index < -0.39 is 24.5 Å². The van der Waals surface area contributed by atoms with Crippen molar-refractivity contribution in [1.82, 2.24) is 10.6 Å². The Bertz CT molecular complexity index is 732. The third-order valence-corrected chi connectivity index (χ3v) is 3.75. The van der Waals surface area contributed by atoms with Crippen LogP contribution >= 0.6 is 0 Å². The van der Waals surface area contributed by atoms with E-state index in [2.05, 4.69) is 10.6 Å². The molecule has 136 valence electrons. The highest BCUT2D eigenvalue weighted by Gasteiger charge is 2.14. The van der Waals surface area contributed by atoms with Crippen LogP contribution in [0.3, 0.4) is 0 Å². The first kappa shape index (κ1) is 19.2. The molecule has 0 aliphatic heterocycles. The fourth-order valence-corrected chi connectivity index (χ4v) is 2.34. The van der Waals surface area contributed by atoms with Crippen LogP contribution in [0.2, 0.25) is 0 Å². The summed E-state index contributed by atoms with van der Waals surface area (Å²) in [6.07, 6.45) is 0.164. The lowest BCUT2D eigenvalue weighted by atomic mass is 9.98. The van der Waals surface area contributed by atoms with Crippen LogP contribution < -0.4 is 10.6 Å². The van der Waals surface area contributed by atoms with Gasteiger partial charge in [-0.15, -0.1) is 0 Å². The number of carbonyl (C=O) groups excluding carboxylic acids is 3. The summed E-state index contributed by atoms with van der Waals surface area (Å²) in [7, 11) is 0. The number of ether oxygens (including phenoxy) is 1. The van der Waals surface area contributed by atoms with Crippen molar-refractivity contribution in [3.05, 3.63) is 71.8 Å². The first-order chi connectivity index (χ1) is 12.5. The monoisotopic (exact) mass is 354 g/mol. The lowest BCUT2D eigenvalue weighted by Gasteiger charge is -2.11. The predicted molar refractivity (Wildman–Crippen MR) is 97.3 cm³/mol. The molecule has 6 heteroatoms. The van der Waals surface area contributed by atoms with Gasteiger partial charge in [-0.2, -0.15) is 0 Å². The minimum Gasteiger partial charge on any atom is -0.456 e. The summed E-state index contributed by atoms with van der Waals surface area (Å²) in [6, 6.07) is 18.2. The molecule has 0 saturated carbocycles. The lowest BCUT2D eigenvalue weighted by Crippen LogP contribution is -2.41. The molecule has 1 atom stereocenters. The molecular weight excluding hydrogens is 332 g/mol. The van der Waals surface area contributed by atoms with Gasteiger partial charge < -0.3 is 10.1 Å². The number of carbonyl (C=O) groups is 3. The van der Waals surface area contributed by atoms with E-state index in [0.29, 0.717) is 6.54 Å². The van der Waals surface area contributed by atoms with Crippen molar-refractivity contribution in [1.29, 1.82) is 0 Å². The van der Waals surface area contributed by atoms with Crippen molar-refractivity contribution >= 4 is 17.9 Å². The molecule has 0 radical (unpaired) electrons. The maximum absolute atomic E-state index is 11.8. The first-order valence-electron chi connectivity index (χ1n) is 8.37. The largest absolute Gasteiger partial charge is 0.456 e. The predicted octanol–water partition coefficient (Wildman–Crippen LogP) is 2.75. The zero-order valence-electron chi connectivity index (χ0n) is 14.6. The Hall–Kier alpha value is -3.15. The van der Waals surface area contributed by atoms with Crippen molar-refractivity contribution < 1.29 is 19.1 Å². The molecule has 3 amide bonds. The molecule has 2 rings (SSSR count). The van der Waals surface area contributed by atoms with E-state index >= 15 is 0 Å². The average molecular weight is 354 g/mol. The van der Waals surface area contributed by atoms with E-state index in [1.807, 2.05) is 67.6 Å². The molecule has 2 aromatic carbocycles. The Morgan fingerprint density at radius 3 is 2.23 bits per heavy atom. The molecule has 6 nitrogen and oxygen atoms in total. The molecule has 0 spiro atoms. The number of benzene rings is 2. The van der Waals surface area contributed by atoms with E-state index in [1.165, 1.54) is 0 Å². The number of esters is 1. The molecule has 26 heavy (non-hydrogen) atoms. The van der Waals surface area contributed by atoms with Gasteiger partial charge in [-0.1, -0.05) is 67.6 Å². The van der Waals surface area contributed by atoms with Gasteiger partial charge >= 0.3 is 12.0 Å². The molecule has 0 aromatic heterocycles. The standard InChI is InChI=1S/C20H22N2O4/c1-15(17-10-6-3-7-11-17)12-19(24)26-14-18(23)22-20(25)21-13-16-8-4-2-5-9-16/h2-11,15H,12-14H2,1H3,(H2,21,22,23,25)/t15-/m0/s1. The lowest BCUT2D eigenvalue weighted by molar-refractivity contribution is -0.148. The second kappa shape index (κ2) is 9.98. The van der Waals surface area contributed by atoms with Crippen molar-refractivity contribution in [3.8, 4) is 0 Å². The van der Waals surface area contributed by atoms with Crippen LogP contribution in [0, 0.1) is 0 Å². The Morgan fingerprint density at radius 2 is 1.58 bits per heavy atom. The Morgan fingerprint density at radius 1 is 0.962 bits per heavy atom. The van der Waals surface area contributed by atoms with Crippen LogP contribution in [-0.4, -0.2) is 24.5 Å². The van der Waals surface area contributed by atoms with Gasteiger partial charge in [0.2, 0.25) is 0 Å². The summed E-state index contributed by atoms with van der Waals surface area (Å²) in [5.41, 5.74) is 1.94. The quantitative estimate of drug-likeness (QED) is 0.749. The van der Waals surface area contributed by atoms with Crippen molar-refractivity contribution in [2.24, 2.45) is 0 Å².